The molecular formula is C22H23NO7. The van der Waals surface area contributed by atoms with E-state index in [1.54, 1.807) is 51.1 Å². The van der Waals surface area contributed by atoms with Gasteiger partial charge in [-0.3, -0.25) is 24.5 Å². The number of carbonyl (C=O) groups is 3. The van der Waals surface area contributed by atoms with Crippen molar-refractivity contribution < 1.29 is 28.8 Å². The first-order valence-corrected chi connectivity index (χ1v) is 9.26. The summed E-state index contributed by atoms with van der Waals surface area (Å²) in [4.78, 5) is 48.2. The second-order valence-electron chi connectivity index (χ2n) is 7.65. The molecule has 0 N–H and O–H groups in total. The molecule has 8 nitrogen and oxygen atoms in total. The van der Waals surface area contributed by atoms with Crippen LogP contribution in [0.3, 0.4) is 0 Å². The molecule has 1 atom stereocenters. The Morgan fingerprint density at radius 1 is 1.03 bits per heavy atom. The summed E-state index contributed by atoms with van der Waals surface area (Å²) in [5.41, 5.74) is -1.63. The van der Waals surface area contributed by atoms with Crippen molar-refractivity contribution in [2.75, 3.05) is 0 Å². The summed E-state index contributed by atoms with van der Waals surface area (Å²) >= 11 is 0. The van der Waals surface area contributed by atoms with Crippen molar-refractivity contribution in [3.8, 4) is 11.5 Å². The molecule has 0 saturated heterocycles. The molecule has 2 aromatic rings. The minimum atomic E-state index is -1.37. The minimum absolute atomic E-state index is 0.0353. The number of rotatable bonds is 8. The Morgan fingerprint density at radius 2 is 1.67 bits per heavy atom. The zero-order chi connectivity index (χ0) is 22.5. The predicted octanol–water partition coefficient (Wildman–Crippen LogP) is 4.51. The number of carbonyl (C=O) groups excluding carboxylic acids is 3. The minimum Gasteiger partial charge on any atom is -0.459 e. The average Bonchev–Trinajstić information content (AvgIpc) is 2.64. The van der Waals surface area contributed by atoms with Gasteiger partial charge >= 0.3 is 5.97 Å². The van der Waals surface area contributed by atoms with E-state index in [4.69, 9.17) is 9.47 Å². The van der Waals surface area contributed by atoms with Crippen LogP contribution in [0.15, 0.2) is 48.5 Å². The summed E-state index contributed by atoms with van der Waals surface area (Å²) in [7, 11) is 0. The summed E-state index contributed by atoms with van der Waals surface area (Å²) in [5.74, 6) is -3.22. The number of para-hydroxylation sites is 1. The number of esters is 1. The first-order valence-electron chi connectivity index (χ1n) is 9.26. The Bertz CT molecular complexity index is 961. The lowest BCUT2D eigenvalue weighted by Crippen LogP contribution is -2.33. The Morgan fingerprint density at radius 3 is 2.20 bits per heavy atom. The third-order valence-electron chi connectivity index (χ3n) is 4.02. The zero-order valence-corrected chi connectivity index (χ0v) is 17.2. The lowest BCUT2D eigenvalue weighted by atomic mass is 9.93. The van der Waals surface area contributed by atoms with Crippen molar-refractivity contribution in [3.63, 3.8) is 0 Å². The van der Waals surface area contributed by atoms with Crippen molar-refractivity contribution >= 4 is 23.2 Å². The summed E-state index contributed by atoms with van der Waals surface area (Å²) < 4.78 is 10.9. The first-order chi connectivity index (χ1) is 14.0. The second kappa shape index (κ2) is 9.30. The van der Waals surface area contributed by atoms with Crippen LogP contribution in [0, 0.1) is 16.0 Å². The van der Waals surface area contributed by atoms with E-state index < -0.39 is 46.1 Å². The van der Waals surface area contributed by atoms with Crippen LogP contribution in [0.4, 0.5) is 5.69 Å². The summed E-state index contributed by atoms with van der Waals surface area (Å²) in [6, 6.07) is 12.4. The Balaban J connectivity index is 2.42. The van der Waals surface area contributed by atoms with Gasteiger partial charge in [-0.25, -0.2) is 0 Å². The van der Waals surface area contributed by atoms with Crippen LogP contribution in [0.5, 0.6) is 11.5 Å². The van der Waals surface area contributed by atoms with E-state index in [9.17, 15) is 24.5 Å². The Kier molecular flexibility index (Phi) is 7.05. The molecule has 0 amide bonds. The van der Waals surface area contributed by atoms with E-state index in [1.165, 1.54) is 25.1 Å². The Labute approximate surface area is 174 Å². The van der Waals surface area contributed by atoms with Gasteiger partial charge in [0.1, 0.15) is 34.4 Å². The largest absolute Gasteiger partial charge is 0.459 e. The van der Waals surface area contributed by atoms with Crippen LogP contribution in [0.2, 0.25) is 0 Å². The quantitative estimate of drug-likeness (QED) is 0.206. The van der Waals surface area contributed by atoms with Crippen molar-refractivity contribution in [2.45, 2.75) is 39.7 Å². The summed E-state index contributed by atoms with van der Waals surface area (Å²) in [6.07, 6.45) is -0.569. The van der Waals surface area contributed by atoms with Gasteiger partial charge in [-0.15, -0.1) is 0 Å². The van der Waals surface area contributed by atoms with Gasteiger partial charge in [0.2, 0.25) is 0 Å². The third-order valence-corrected chi connectivity index (χ3v) is 4.02. The fourth-order valence-electron chi connectivity index (χ4n) is 2.71. The molecule has 0 aromatic heterocycles. The van der Waals surface area contributed by atoms with Gasteiger partial charge in [0.25, 0.3) is 5.69 Å². The van der Waals surface area contributed by atoms with Crippen LogP contribution >= 0.6 is 0 Å². The lowest BCUT2D eigenvalue weighted by molar-refractivity contribution is -0.385. The molecule has 2 aromatic carbocycles. The van der Waals surface area contributed by atoms with Crippen LogP contribution in [0.25, 0.3) is 0 Å². The number of benzene rings is 2. The van der Waals surface area contributed by atoms with Crippen LogP contribution in [-0.2, 0) is 14.3 Å². The second-order valence-corrected chi connectivity index (χ2v) is 7.65. The molecule has 8 heteroatoms. The van der Waals surface area contributed by atoms with Gasteiger partial charge in [0.05, 0.1) is 4.92 Å². The number of nitro benzene ring substituents is 1. The lowest BCUT2D eigenvalue weighted by Gasteiger charge is -2.22. The average molecular weight is 413 g/mol. The maximum Gasteiger partial charge on any atom is 0.317 e. The number of hydrogen-bond donors (Lipinski definition) is 0. The molecule has 30 heavy (non-hydrogen) atoms. The smallest absolute Gasteiger partial charge is 0.317 e. The fraction of sp³-hybridized carbons (Fsp3) is 0.318. The maximum absolute atomic E-state index is 13.0. The van der Waals surface area contributed by atoms with E-state index in [0.29, 0.717) is 5.75 Å². The van der Waals surface area contributed by atoms with Crippen LogP contribution < -0.4 is 4.74 Å². The number of Topliss-reactive ketones (excluding diaryl/α,β-unsaturated/α-hetero) is 2. The molecule has 0 aliphatic carbocycles. The van der Waals surface area contributed by atoms with Gasteiger partial charge in [-0.2, -0.15) is 0 Å². The number of ketones is 2. The molecule has 1 unspecified atom stereocenters. The molecule has 0 bridgehead atoms. The van der Waals surface area contributed by atoms with Crippen molar-refractivity contribution in [2.24, 2.45) is 5.92 Å². The molecular weight excluding hydrogens is 390 g/mol. The van der Waals surface area contributed by atoms with E-state index in [-0.39, 0.29) is 11.3 Å². The summed E-state index contributed by atoms with van der Waals surface area (Å²) in [6.45, 7) is 6.08. The normalized spacial score (nSPS) is 12.0. The molecule has 0 radical (unpaired) electrons. The maximum atomic E-state index is 13.0. The van der Waals surface area contributed by atoms with Crippen LogP contribution in [0.1, 0.15) is 44.5 Å². The number of nitrogens with zero attached hydrogens (tertiary/aromatic N) is 1. The van der Waals surface area contributed by atoms with E-state index in [0.717, 1.165) is 0 Å². The van der Waals surface area contributed by atoms with Crippen LogP contribution in [-0.4, -0.2) is 28.1 Å². The fourth-order valence-corrected chi connectivity index (χ4v) is 2.71. The molecule has 0 fully saturated rings. The van der Waals surface area contributed by atoms with Crippen molar-refractivity contribution in [3.05, 3.63) is 64.2 Å². The first kappa shape index (κ1) is 22.7. The highest BCUT2D eigenvalue weighted by Gasteiger charge is 2.34. The van der Waals surface area contributed by atoms with E-state index in [2.05, 4.69) is 0 Å². The standard InChI is InChI=1S/C22H23NO7/c1-14(24)16(21(26)30-22(2,3)4)13-18(25)20-17(23(27)28)11-8-12-19(20)29-15-9-6-5-7-10-15/h5-12,16H,13H2,1-4H3. The Hall–Kier alpha value is -3.55. The molecule has 0 aliphatic rings. The monoisotopic (exact) mass is 413 g/mol. The molecule has 0 spiro atoms. The zero-order valence-electron chi connectivity index (χ0n) is 17.2. The number of ether oxygens (including phenoxy) is 2. The summed E-state index contributed by atoms with van der Waals surface area (Å²) in [5, 5.41) is 11.5. The molecule has 0 aliphatic heterocycles. The molecule has 158 valence electrons. The number of hydrogen-bond acceptors (Lipinski definition) is 7. The highest BCUT2D eigenvalue weighted by molar-refractivity contribution is 6.08. The molecule has 0 saturated carbocycles. The van der Waals surface area contributed by atoms with Crippen molar-refractivity contribution in [1.82, 2.24) is 0 Å². The SMILES string of the molecule is CC(=O)C(CC(=O)c1c(Oc2ccccc2)cccc1[N+](=O)[O-])C(=O)OC(C)(C)C. The van der Waals surface area contributed by atoms with Gasteiger partial charge < -0.3 is 9.47 Å². The van der Waals surface area contributed by atoms with Crippen molar-refractivity contribution in [1.29, 1.82) is 0 Å². The predicted molar refractivity (Wildman–Crippen MR) is 109 cm³/mol. The van der Waals surface area contributed by atoms with Gasteiger partial charge in [-0.1, -0.05) is 24.3 Å². The number of nitro groups is 1. The molecule has 2 rings (SSSR count). The van der Waals surface area contributed by atoms with Gasteiger partial charge in [0.15, 0.2) is 5.78 Å². The highest BCUT2D eigenvalue weighted by atomic mass is 16.6. The van der Waals surface area contributed by atoms with Gasteiger partial charge in [-0.05, 0) is 45.9 Å². The molecule has 0 heterocycles. The topological polar surface area (TPSA) is 113 Å². The highest BCUT2D eigenvalue weighted by Crippen LogP contribution is 2.34. The van der Waals surface area contributed by atoms with E-state index in [1.807, 2.05) is 0 Å². The third kappa shape index (κ3) is 5.97. The van der Waals surface area contributed by atoms with E-state index >= 15 is 0 Å². The van der Waals surface area contributed by atoms with Gasteiger partial charge in [0, 0.05) is 12.5 Å².